The van der Waals surface area contributed by atoms with Crippen LogP contribution in [-0.4, -0.2) is 44.0 Å². The Kier molecular flexibility index (Phi) is 3.33. The van der Waals surface area contributed by atoms with Crippen molar-refractivity contribution in [3.05, 3.63) is 41.9 Å². The maximum Gasteiger partial charge on any atom is 0.228 e. The van der Waals surface area contributed by atoms with Crippen molar-refractivity contribution in [2.75, 3.05) is 13.1 Å². The molecule has 3 aromatic rings. The van der Waals surface area contributed by atoms with Gasteiger partial charge in [0.2, 0.25) is 5.91 Å². The summed E-state index contributed by atoms with van der Waals surface area (Å²) in [6, 6.07) is 7.86. The van der Waals surface area contributed by atoms with Crippen LogP contribution in [0.15, 0.2) is 35.0 Å². The molecule has 0 N–H and O–H groups in total. The fourth-order valence-electron chi connectivity index (χ4n) is 3.54. The number of carbonyl (C=O) groups is 1. The molecule has 25 heavy (non-hydrogen) atoms. The quantitative estimate of drug-likeness (QED) is 0.730. The number of hydrogen-bond acceptors (Lipinski definition) is 5. The molecule has 0 bridgehead atoms. The molecule has 1 aromatic carbocycles. The van der Waals surface area contributed by atoms with Crippen molar-refractivity contribution >= 4 is 16.9 Å². The van der Waals surface area contributed by atoms with Gasteiger partial charge in [-0.3, -0.25) is 4.79 Å². The Bertz CT molecular complexity index is 926. The van der Waals surface area contributed by atoms with Crippen LogP contribution in [0, 0.1) is 0 Å². The Labute approximate surface area is 144 Å². The Balaban J connectivity index is 1.26. The third-order valence-corrected chi connectivity index (χ3v) is 5.18. The molecular formula is C18H19N5O2. The SMILES string of the molecule is O=C(Cc1noc2ccccc12)N1CCC(n2cc(C3CC3)nn2)C1. The van der Waals surface area contributed by atoms with Gasteiger partial charge in [0, 0.05) is 30.6 Å². The number of benzene rings is 1. The Morgan fingerprint density at radius 2 is 2.12 bits per heavy atom. The molecule has 0 spiro atoms. The minimum absolute atomic E-state index is 0.0871. The predicted octanol–water partition coefficient (Wildman–Crippen LogP) is 2.31. The van der Waals surface area contributed by atoms with Gasteiger partial charge < -0.3 is 9.42 Å². The number of amides is 1. The second kappa shape index (κ2) is 5.68. The Morgan fingerprint density at radius 1 is 1.24 bits per heavy atom. The molecule has 1 saturated heterocycles. The van der Waals surface area contributed by atoms with Gasteiger partial charge in [-0.25, -0.2) is 4.68 Å². The highest BCUT2D eigenvalue weighted by Crippen LogP contribution is 2.39. The van der Waals surface area contributed by atoms with E-state index >= 15 is 0 Å². The molecule has 5 rings (SSSR count). The van der Waals surface area contributed by atoms with E-state index in [0.717, 1.165) is 29.6 Å². The van der Waals surface area contributed by atoms with Crippen LogP contribution in [0.2, 0.25) is 0 Å². The van der Waals surface area contributed by atoms with E-state index in [0.29, 0.717) is 18.2 Å². The molecule has 7 heteroatoms. The van der Waals surface area contributed by atoms with Gasteiger partial charge in [-0.1, -0.05) is 22.5 Å². The summed E-state index contributed by atoms with van der Waals surface area (Å²) in [6.07, 6.45) is 5.69. The van der Waals surface area contributed by atoms with Gasteiger partial charge >= 0.3 is 0 Å². The van der Waals surface area contributed by atoms with E-state index in [1.807, 2.05) is 33.8 Å². The highest BCUT2D eigenvalue weighted by molar-refractivity contribution is 5.86. The van der Waals surface area contributed by atoms with Crippen molar-refractivity contribution in [2.24, 2.45) is 0 Å². The van der Waals surface area contributed by atoms with Crippen molar-refractivity contribution in [1.82, 2.24) is 25.1 Å². The standard InChI is InChI=1S/C18H19N5O2/c24-18(9-15-14-3-1-2-4-17(14)25-20-15)22-8-7-13(10-22)23-11-16(19-21-23)12-5-6-12/h1-4,11-13H,5-10H2. The first-order valence-electron chi connectivity index (χ1n) is 8.81. The third-order valence-electron chi connectivity index (χ3n) is 5.18. The number of hydrogen-bond donors (Lipinski definition) is 0. The molecule has 1 aliphatic carbocycles. The summed E-state index contributed by atoms with van der Waals surface area (Å²) < 4.78 is 7.23. The summed E-state index contributed by atoms with van der Waals surface area (Å²) in [4.78, 5) is 14.6. The second-order valence-electron chi connectivity index (χ2n) is 6.98. The summed E-state index contributed by atoms with van der Waals surface area (Å²) in [5.41, 5.74) is 2.53. The number of carbonyl (C=O) groups excluding carboxylic acids is 1. The first-order valence-corrected chi connectivity index (χ1v) is 8.81. The molecule has 1 unspecified atom stereocenters. The lowest BCUT2D eigenvalue weighted by atomic mass is 10.1. The summed E-state index contributed by atoms with van der Waals surface area (Å²) in [5.74, 6) is 0.692. The van der Waals surface area contributed by atoms with Crippen molar-refractivity contribution in [3.63, 3.8) is 0 Å². The smallest absolute Gasteiger partial charge is 0.228 e. The number of rotatable bonds is 4. The number of nitrogens with zero attached hydrogens (tertiary/aromatic N) is 5. The second-order valence-corrected chi connectivity index (χ2v) is 6.98. The zero-order chi connectivity index (χ0) is 16.8. The molecule has 1 aliphatic heterocycles. The molecular weight excluding hydrogens is 318 g/mol. The van der Waals surface area contributed by atoms with Crippen LogP contribution >= 0.6 is 0 Å². The van der Waals surface area contributed by atoms with E-state index in [-0.39, 0.29) is 18.4 Å². The van der Waals surface area contributed by atoms with Crippen LogP contribution < -0.4 is 0 Å². The number of likely N-dealkylation sites (tertiary alicyclic amines) is 1. The summed E-state index contributed by atoms with van der Waals surface area (Å²) >= 11 is 0. The van der Waals surface area contributed by atoms with E-state index in [9.17, 15) is 4.79 Å². The predicted molar refractivity (Wildman–Crippen MR) is 89.9 cm³/mol. The first kappa shape index (κ1) is 14.6. The molecule has 1 atom stereocenters. The number of fused-ring (bicyclic) bond motifs is 1. The summed E-state index contributed by atoms with van der Waals surface area (Å²) in [5, 5.41) is 13.5. The lowest BCUT2D eigenvalue weighted by molar-refractivity contribution is -0.129. The molecule has 1 saturated carbocycles. The Morgan fingerprint density at radius 3 is 3.00 bits per heavy atom. The van der Waals surface area contributed by atoms with Gasteiger partial charge in [-0.05, 0) is 31.4 Å². The monoisotopic (exact) mass is 337 g/mol. The molecule has 7 nitrogen and oxygen atoms in total. The van der Waals surface area contributed by atoms with Crippen molar-refractivity contribution < 1.29 is 9.32 Å². The summed E-state index contributed by atoms with van der Waals surface area (Å²) in [7, 11) is 0. The van der Waals surface area contributed by atoms with Crippen LogP contribution in [-0.2, 0) is 11.2 Å². The topological polar surface area (TPSA) is 77.0 Å². The average Bonchev–Trinajstić information content (AvgIpc) is 3.04. The lowest BCUT2D eigenvalue weighted by Gasteiger charge is -2.15. The highest BCUT2D eigenvalue weighted by Gasteiger charge is 2.31. The van der Waals surface area contributed by atoms with Crippen molar-refractivity contribution in [2.45, 2.75) is 37.6 Å². The lowest BCUT2D eigenvalue weighted by Crippen LogP contribution is -2.30. The van der Waals surface area contributed by atoms with E-state index < -0.39 is 0 Å². The van der Waals surface area contributed by atoms with Crippen LogP contribution in [0.4, 0.5) is 0 Å². The van der Waals surface area contributed by atoms with Crippen LogP contribution in [0.25, 0.3) is 11.0 Å². The zero-order valence-electron chi connectivity index (χ0n) is 13.8. The van der Waals surface area contributed by atoms with Gasteiger partial charge in [0.05, 0.1) is 18.2 Å². The molecule has 128 valence electrons. The van der Waals surface area contributed by atoms with E-state index in [4.69, 9.17) is 4.52 Å². The maximum atomic E-state index is 12.7. The zero-order valence-corrected chi connectivity index (χ0v) is 13.8. The number of para-hydroxylation sites is 1. The third kappa shape index (κ3) is 2.69. The fourth-order valence-corrected chi connectivity index (χ4v) is 3.54. The van der Waals surface area contributed by atoms with Gasteiger partial charge in [0.1, 0.15) is 5.69 Å². The highest BCUT2D eigenvalue weighted by atomic mass is 16.5. The van der Waals surface area contributed by atoms with Crippen LogP contribution in [0.3, 0.4) is 0 Å². The van der Waals surface area contributed by atoms with Crippen molar-refractivity contribution in [1.29, 1.82) is 0 Å². The van der Waals surface area contributed by atoms with E-state index in [2.05, 4.69) is 21.7 Å². The van der Waals surface area contributed by atoms with Gasteiger partial charge in [-0.15, -0.1) is 5.10 Å². The summed E-state index contributed by atoms with van der Waals surface area (Å²) in [6.45, 7) is 1.43. The molecule has 0 radical (unpaired) electrons. The fraction of sp³-hybridized carbons (Fsp3) is 0.444. The van der Waals surface area contributed by atoms with E-state index in [1.165, 1.54) is 12.8 Å². The van der Waals surface area contributed by atoms with Crippen molar-refractivity contribution in [3.8, 4) is 0 Å². The normalized spacial score (nSPS) is 20.5. The van der Waals surface area contributed by atoms with E-state index in [1.54, 1.807) is 0 Å². The molecule has 2 fully saturated rings. The van der Waals surface area contributed by atoms with Crippen LogP contribution in [0.5, 0.6) is 0 Å². The largest absolute Gasteiger partial charge is 0.356 e. The van der Waals surface area contributed by atoms with Gasteiger partial charge in [0.25, 0.3) is 0 Å². The molecule has 2 aliphatic rings. The minimum atomic E-state index is 0.0871. The molecule has 3 heterocycles. The van der Waals surface area contributed by atoms with Crippen LogP contribution in [0.1, 0.15) is 42.6 Å². The minimum Gasteiger partial charge on any atom is -0.356 e. The van der Waals surface area contributed by atoms with Gasteiger partial charge in [-0.2, -0.15) is 0 Å². The number of aromatic nitrogens is 4. The Hall–Kier alpha value is -2.70. The average molecular weight is 337 g/mol. The molecule has 1 amide bonds. The first-order chi connectivity index (χ1) is 12.3. The molecule has 2 aromatic heterocycles. The maximum absolute atomic E-state index is 12.7. The van der Waals surface area contributed by atoms with Gasteiger partial charge in [0.15, 0.2) is 5.58 Å².